The number of carboxylic acids is 1. The third-order valence-electron chi connectivity index (χ3n) is 7.37. The number of nitrogens with zero attached hydrogens (tertiary/aromatic N) is 4. The van der Waals surface area contributed by atoms with E-state index in [1.54, 1.807) is 36.4 Å². The number of hydrogen-bond donors (Lipinski definition) is 1. The molecular formula is C33H32Cl2N4O4. The fourth-order valence-electron chi connectivity index (χ4n) is 5.16. The van der Waals surface area contributed by atoms with Crippen LogP contribution in [-0.2, 0) is 24.2 Å². The van der Waals surface area contributed by atoms with Gasteiger partial charge in [-0.05, 0) is 73.2 Å². The van der Waals surface area contributed by atoms with Gasteiger partial charge in [0, 0.05) is 29.3 Å². The molecule has 8 nitrogen and oxygen atoms in total. The summed E-state index contributed by atoms with van der Waals surface area (Å²) in [6, 6.07) is 24.3. The van der Waals surface area contributed by atoms with Gasteiger partial charge in [0.15, 0.2) is 0 Å². The van der Waals surface area contributed by atoms with Crippen LogP contribution in [0.1, 0.15) is 40.0 Å². The zero-order chi connectivity index (χ0) is 30.2. The Morgan fingerprint density at radius 3 is 2.33 bits per heavy atom. The molecule has 1 saturated heterocycles. The Hall–Kier alpha value is -4.14. The second-order valence-corrected chi connectivity index (χ2v) is 11.3. The average molecular weight is 620 g/mol. The SMILES string of the molecule is O=C(O)CN(Cc1ccc(Cl)cc1)C(=O)c1cnc(N2CCCC2COc2ccc(Cl)cc2)nc1CCc1ccccc1. The smallest absolute Gasteiger partial charge is 0.323 e. The van der Waals surface area contributed by atoms with Gasteiger partial charge in [0.2, 0.25) is 5.95 Å². The van der Waals surface area contributed by atoms with Crippen molar-refractivity contribution < 1.29 is 19.4 Å². The van der Waals surface area contributed by atoms with E-state index in [2.05, 4.69) is 9.88 Å². The Labute approximate surface area is 260 Å². The van der Waals surface area contributed by atoms with Gasteiger partial charge >= 0.3 is 5.97 Å². The second kappa shape index (κ2) is 14.4. The topological polar surface area (TPSA) is 95.9 Å². The largest absolute Gasteiger partial charge is 0.491 e. The highest BCUT2D eigenvalue weighted by Crippen LogP contribution is 2.26. The van der Waals surface area contributed by atoms with Crippen molar-refractivity contribution in [3.05, 3.63) is 117 Å². The Morgan fingerprint density at radius 2 is 1.63 bits per heavy atom. The molecular weight excluding hydrogens is 587 g/mol. The van der Waals surface area contributed by atoms with Crippen molar-refractivity contribution >= 4 is 41.0 Å². The first-order chi connectivity index (χ1) is 20.9. The average Bonchev–Trinajstić information content (AvgIpc) is 3.49. The molecule has 1 atom stereocenters. The van der Waals surface area contributed by atoms with Crippen LogP contribution in [0, 0.1) is 0 Å². The van der Waals surface area contributed by atoms with Crippen LogP contribution in [-0.4, -0.2) is 57.6 Å². The molecule has 1 amide bonds. The van der Waals surface area contributed by atoms with Crippen LogP contribution >= 0.6 is 23.2 Å². The number of carbonyl (C=O) groups excluding carboxylic acids is 1. The molecule has 2 heterocycles. The third-order valence-corrected chi connectivity index (χ3v) is 7.87. The lowest BCUT2D eigenvalue weighted by Gasteiger charge is -2.26. The molecule has 0 aliphatic carbocycles. The molecule has 1 aliphatic rings. The van der Waals surface area contributed by atoms with Crippen LogP contribution in [0.4, 0.5) is 5.95 Å². The molecule has 0 radical (unpaired) electrons. The van der Waals surface area contributed by atoms with Crippen molar-refractivity contribution in [2.45, 2.75) is 38.3 Å². The molecule has 1 aromatic heterocycles. The summed E-state index contributed by atoms with van der Waals surface area (Å²) >= 11 is 12.0. The Balaban J connectivity index is 1.41. The van der Waals surface area contributed by atoms with Crippen molar-refractivity contribution in [1.29, 1.82) is 0 Å². The molecule has 1 aliphatic heterocycles. The van der Waals surface area contributed by atoms with E-state index >= 15 is 0 Å². The molecule has 5 rings (SSSR count). The molecule has 0 bridgehead atoms. The number of carboxylic acid groups (broad SMARTS) is 1. The van der Waals surface area contributed by atoms with E-state index in [4.69, 9.17) is 32.9 Å². The molecule has 1 unspecified atom stereocenters. The minimum atomic E-state index is -1.11. The van der Waals surface area contributed by atoms with Crippen LogP contribution in [0.2, 0.25) is 10.0 Å². The summed E-state index contributed by atoms with van der Waals surface area (Å²) in [6.07, 6.45) is 4.58. The van der Waals surface area contributed by atoms with Crippen molar-refractivity contribution in [3.63, 3.8) is 0 Å². The number of anilines is 1. The summed E-state index contributed by atoms with van der Waals surface area (Å²) in [4.78, 5) is 38.6. The van der Waals surface area contributed by atoms with Crippen molar-refractivity contribution in [2.75, 3.05) is 24.6 Å². The van der Waals surface area contributed by atoms with Crippen LogP contribution in [0.25, 0.3) is 0 Å². The number of hydrogen-bond acceptors (Lipinski definition) is 6. The summed E-state index contributed by atoms with van der Waals surface area (Å²) in [5, 5.41) is 10.8. The molecule has 10 heteroatoms. The summed E-state index contributed by atoms with van der Waals surface area (Å²) in [5.74, 6) is -0.271. The van der Waals surface area contributed by atoms with E-state index in [1.807, 2.05) is 42.5 Å². The quantitative estimate of drug-likeness (QED) is 0.198. The number of aliphatic carboxylic acids is 1. The maximum absolute atomic E-state index is 13.9. The highest BCUT2D eigenvalue weighted by atomic mass is 35.5. The van der Waals surface area contributed by atoms with Gasteiger partial charge in [-0.2, -0.15) is 0 Å². The Kier molecular flexibility index (Phi) is 10.1. The molecule has 0 saturated carbocycles. The van der Waals surface area contributed by atoms with E-state index in [1.165, 1.54) is 11.1 Å². The number of benzene rings is 3. The third kappa shape index (κ3) is 8.24. The monoisotopic (exact) mass is 618 g/mol. The summed E-state index contributed by atoms with van der Waals surface area (Å²) in [6.45, 7) is 0.871. The van der Waals surface area contributed by atoms with Gasteiger partial charge in [0.25, 0.3) is 5.91 Å². The lowest BCUT2D eigenvalue weighted by molar-refractivity contribution is -0.137. The van der Waals surface area contributed by atoms with E-state index < -0.39 is 18.4 Å². The normalized spacial score (nSPS) is 14.5. The number of aromatic nitrogens is 2. The number of carbonyl (C=O) groups is 2. The van der Waals surface area contributed by atoms with Gasteiger partial charge < -0.3 is 19.6 Å². The van der Waals surface area contributed by atoms with Gasteiger partial charge in [-0.3, -0.25) is 9.59 Å². The maximum Gasteiger partial charge on any atom is 0.323 e. The minimum absolute atomic E-state index is 0.0626. The Bertz CT molecular complexity index is 1540. The summed E-state index contributed by atoms with van der Waals surface area (Å²) < 4.78 is 6.05. The zero-order valence-electron chi connectivity index (χ0n) is 23.5. The minimum Gasteiger partial charge on any atom is -0.491 e. The molecule has 1 N–H and O–H groups in total. The number of amides is 1. The van der Waals surface area contributed by atoms with E-state index in [-0.39, 0.29) is 12.6 Å². The first kappa shape index (κ1) is 30.3. The number of aryl methyl sites for hydroxylation is 2. The molecule has 222 valence electrons. The van der Waals surface area contributed by atoms with Gasteiger partial charge in [0.1, 0.15) is 18.9 Å². The summed E-state index contributed by atoms with van der Waals surface area (Å²) in [5.41, 5.74) is 2.75. The van der Waals surface area contributed by atoms with E-state index in [9.17, 15) is 14.7 Å². The first-order valence-electron chi connectivity index (χ1n) is 14.2. The molecule has 4 aromatic rings. The molecule has 3 aromatic carbocycles. The van der Waals surface area contributed by atoms with E-state index in [0.29, 0.717) is 46.7 Å². The zero-order valence-corrected chi connectivity index (χ0v) is 25.0. The number of rotatable bonds is 12. The standard InChI is InChI=1S/C33H32Cl2N4O4/c34-25-11-8-24(9-12-25)20-38(21-31(40)41)32(42)29-19-36-33(37-30(29)17-10-23-5-2-1-3-6-23)39-18-4-7-27(39)22-43-28-15-13-26(35)14-16-28/h1-3,5-6,8-9,11-16,19,27H,4,7,10,17-18,20-22H2,(H,40,41). The fraction of sp³-hybridized carbons (Fsp3) is 0.273. The summed E-state index contributed by atoms with van der Waals surface area (Å²) in [7, 11) is 0. The number of halogens is 2. The Morgan fingerprint density at radius 1 is 0.930 bits per heavy atom. The van der Waals surface area contributed by atoms with Gasteiger partial charge in [-0.25, -0.2) is 9.97 Å². The van der Waals surface area contributed by atoms with Gasteiger partial charge in [-0.15, -0.1) is 0 Å². The lowest BCUT2D eigenvalue weighted by atomic mass is 10.0. The molecule has 1 fully saturated rings. The highest BCUT2D eigenvalue weighted by Gasteiger charge is 2.29. The molecule has 0 spiro atoms. The van der Waals surface area contributed by atoms with Crippen molar-refractivity contribution in [1.82, 2.24) is 14.9 Å². The number of ether oxygens (including phenoxy) is 1. The first-order valence-corrected chi connectivity index (χ1v) is 14.9. The maximum atomic E-state index is 13.9. The van der Waals surface area contributed by atoms with E-state index in [0.717, 1.165) is 36.3 Å². The van der Waals surface area contributed by atoms with Crippen LogP contribution in [0.15, 0.2) is 85.1 Å². The predicted octanol–water partition coefficient (Wildman–Crippen LogP) is 6.34. The van der Waals surface area contributed by atoms with Crippen molar-refractivity contribution in [3.8, 4) is 5.75 Å². The van der Waals surface area contributed by atoms with Gasteiger partial charge in [0.05, 0.1) is 17.3 Å². The highest BCUT2D eigenvalue weighted by molar-refractivity contribution is 6.30. The van der Waals surface area contributed by atoms with Crippen LogP contribution in [0.5, 0.6) is 5.75 Å². The van der Waals surface area contributed by atoms with Crippen molar-refractivity contribution in [2.24, 2.45) is 0 Å². The lowest BCUT2D eigenvalue weighted by Crippen LogP contribution is -2.37. The fourth-order valence-corrected chi connectivity index (χ4v) is 5.41. The van der Waals surface area contributed by atoms with Crippen LogP contribution in [0.3, 0.4) is 0 Å². The van der Waals surface area contributed by atoms with Gasteiger partial charge in [-0.1, -0.05) is 65.7 Å². The van der Waals surface area contributed by atoms with Crippen LogP contribution < -0.4 is 9.64 Å². The predicted molar refractivity (Wildman–Crippen MR) is 167 cm³/mol. The second-order valence-electron chi connectivity index (χ2n) is 10.5. The molecule has 43 heavy (non-hydrogen) atoms.